The minimum absolute atomic E-state index is 0.176. The fraction of sp³-hybridized carbons (Fsp3) is 0.889. The van der Waals surface area contributed by atoms with Crippen molar-refractivity contribution in [1.82, 2.24) is 10.6 Å². The van der Waals surface area contributed by atoms with Gasteiger partial charge >= 0.3 is 0 Å². The molecule has 1 heterocycles. The highest BCUT2D eigenvalue weighted by molar-refractivity contribution is 5.81. The lowest BCUT2D eigenvalue weighted by molar-refractivity contribution is -0.123. The second-order valence-electron chi connectivity index (χ2n) is 3.74. The van der Waals surface area contributed by atoms with Crippen LogP contribution in [0.2, 0.25) is 0 Å². The number of carbonyl (C=O) groups is 1. The van der Waals surface area contributed by atoms with Gasteiger partial charge in [-0.25, -0.2) is 0 Å². The summed E-state index contributed by atoms with van der Waals surface area (Å²) in [6.07, 6.45) is 0.975. The third kappa shape index (κ3) is 1.78. The zero-order chi connectivity index (χ0) is 9.14. The molecule has 1 rings (SSSR count). The van der Waals surface area contributed by atoms with Crippen molar-refractivity contribution in [2.24, 2.45) is 11.8 Å². The van der Waals surface area contributed by atoms with Crippen LogP contribution in [0, 0.1) is 11.8 Å². The fourth-order valence-electron chi connectivity index (χ4n) is 1.95. The number of hydrogen-bond donors (Lipinski definition) is 2. The smallest absolute Gasteiger partial charge is 0.224 e. The topological polar surface area (TPSA) is 41.1 Å². The molecule has 0 aromatic heterocycles. The fourth-order valence-corrected chi connectivity index (χ4v) is 1.95. The summed E-state index contributed by atoms with van der Waals surface area (Å²) in [7, 11) is 1.93. The number of amides is 1. The van der Waals surface area contributed by atoms with Gasteiger partial charge in [0.25, 0.3) is 0 Å². The van der Waals surface area contributed by atoms with Crippen LogP contribution in [-0.2, 0) is 4.79 Å². The van der Waals surface area contributed by atoms with Crippen LogP contribution >= 0.6 is 0 Å². The highest BCUT2D eigenvalue weighted by Crippen LogP contribution is 2.19. The molecule has 1 aliphatic rings. The molecule has 1 fully saturated rings. The Morgan fingerprint density at radius 3 is 2.58 bits per heavy atom. The van der Waals surface area contributed by atoms with E-state index in [4.69, 9.17) is 0 Å². The molecule has 2 N–H and O–H groups in total. The van der Waals surface area contributed by atoms with E-state index in [0.29, 0.717) is 12.0 Å². The largest absolute Gasteiger partial charge is 0.356 e. The lowest BCUT2D eigenvalue weighted by Gasteiger charge is -2.24. The molecule has 1 saturated heterocycles. The Morgan fingerprint density at radius 2 is 2.25 bits per heavy atom. The molecule has 0 spiro atoms. The maximum atomic E-state index is 11.3. The van der Waals surface area contributed by atoms with Gasteiger partial charge in [-0.3, -0.25) is 4.79 Å². The first-order chi connectivity index (χ1) is 5.66. The van der Waals surface area contributed by atoms with Crippen molar-refractivity contribution in [2.45, 2.75) is 26.3 Å². The van der Waals surface area contributed by atoms with Crippen molar-refractivity contribution in [2.75, 3.05) is 13.6 Å². The second kappa shape index (κ2) is 3.90. The van der Waals surface area contributed by atoms with E-state index in [-0.39, 0.29) is 11.8 Å². The van der Waals surface area contributed by atoms with Crippen molar-refractivity contribution in [1.29, 1.82) is 0 Å². The molecule has 0 aromatic carbocycles. The molecule has 0 aliphatic carbocycles. The summed E-state index contributed by atoms with van der Waals surface area (Å²) in [4.78, 5) is 11.3. The lowest BCUT2D eigenvalue weighted by atomic mass is 9.89. The van der Waals surface area contributed by atoms with E-state index in [0.717, 1.165) is 13.0 Å². The van der Waals surface area contributed by atoms with E-state index in [1.807, 2.05) is 7.05 Å². The van der Waals surface area contributed by atoms with Crippen LogP contribution in [0.4, 0.5) is 0 Å². The Morgan fingerprint density at radius 1 is 1.58 bits per heavy atom. The van der Waals surface area contributed by atoms with E-state index in [9.17, 15) is 4.79 Å². The number of carbonyl (C=O) groups excluding carboxylic acids is 1. The summed E-state index contributed by atoms with van der Waals surface area (Å²) in [5.41, 5.74) is 0. The van der Waals surface area contributed by atoms with Crippen molar-refractivity contribution >= 4 is 5.91 Å². The van der Waals surface area contributed by atoms with Crippen LogP contribution in [0.3, 0.4) is 0 Å². The highest BCUT2D eigenvalue weighted by Gasteiger charge is 2.32. The molecule has 0 bridgehead atoms. The van der Waals surface area contributed by atoms with E-state index in [1.165, 1.54) is 0 Å². The summed E-state index contributed by atoms with van der Waals surface area (Å²) in [6, 6.07) is 0.326. The zero-order valence-electron chi connectivity index (χ0n) is 8.05. The SMILES string of the molecule is CNC(C(C)C)C1CCNC1=O. The second-order valence-corrected chi connectivity index (χ2v) is 3.74. The quantitative estimate of drug-likeness (QED) is 0.642. The van der Waals surface area contributed by atoms with Gasteiger partial charge < -0.3 is 10.6 Å². The summed E-state index contributed by atoms with van der Waals surface area (Å²) in [5.74, 6) is 0.905. The lowest BCUT2D eigenvalue weighted by Crippen LogP contribution is -2.41. The van der Waals surface area contributed by atoms with Gasteiger partial charge in [0.2, 0.25) is 5.91 Å². The first-order valence-corrected chi connectivity index (χ1v) is 4.61. The zero-order valence-corrected chi connectivity index (χ0v) is 8.05. The summed E-state index contributed by atoms with van der Waals surface area (Å²) in [6.45, 7) is 5.13. The number of nitrogens with one attached hydrogen (secondary N) is 2. The van der Waals surface area contributed by atoms with E-state index >= 15 is 0 Å². The minimum atomic E-state index is 0.176. The number of hydrogen-bond acceptors (Lipinski definition) is 2. The molecule has 12 heavy (non-hydrogen) atoms. The molecule has 1 aliphatic heterocycles. The third-order valence-electron chi connectivity index (χ3n) is 2.58. The molecule has 70 valence electrons. The molecule has 0 radical (unpaired) electrons. The van der Waals surface area contributed by atoms with Crippen LogP contribution in [0.15, 0.2) is 0 Å². The van der Waals surface area contributed by atoms with Crippen LogP contribution in [0.25, 0.3) is 0 Å². The Hall–Kier alpha value is -0.570. The Kier molecular flexibility index (Phi) is 3.09. The highest BCUT2D eigenvalue weighted by atomic mass is 16.2. The summed E-state index contributed by atoms with van der Waals surface area (Å²) >= 11 is 0. The molecule has 3 nitrogen and oxygen atoms in total. The Labute approximate surface area is 73.9 Å². The van der Waals surface area contributed by atoms with Gasteiger partial charge in [0.05, 0.1) is 5.92 Å². The average Bonchev–Trinajstić information content (AvgIpc) is 2.38. The summed E-state index contributed by atoms with van der Waals surface area (Å²) < 4.78 is 0. The molecular weight excluding hydrogens is 152 g/mol. The third-order valence-corrected chi connectivity index (χ3v) is 2.58. The first-order valence-electron chi connectivity index (χ1n) is 4.61. The predicted octanol–water partition coefficient (Wildman–Crippen LogP) is 0.366. The van der Waals surface area contributed by atoms with Crippen molar-refractivity contribution in [3.05, 3.63) is 0 Å². The molecule has 2 unspecified atom stereocenters. The van der Waals surface area contributed by atoms with Crippen LogP contribution in [0.5, 0.6) is 0 Å². The molecular formula is C9H18N2O. The summed E-state index contributed by atoms with van der Waals surface area (Å²) in [5, 5.41) is 6.07. The van der Waals surface area contributed by atoms with Gasteiger partial charge in [-0.15, -0.1) is 0 Å². The van der Waals surface area contributed by atoms with Gasteiger partial charge in [0, 0.05) is 12.6 Å². The van der Waals surface area contributed by atoms with Crippen molar-refractivity contribution < 1.29 is 4.79 Å². The average molecular weight is 170 g/mol. The number of rotatable bonds is 3. The maximum Gasteiger partial charge on any atom is 0.224 e. The Bertz CT molecular complexity index is 168. The Balaban J connectivity index is 2.58. The molecule has 0 aromatic rings. The van der Waals surface area contributed by atoms with Crippen LogP contribution in [0.1, 0.15) is 20.3 Å². The normalized spacial score (nSPS) is 26.0. The molecule has 0 saturated carbocycles. The molecule has 1 amide bonds. The van der Waals surface area contributed by atoms with Gasteiger partial charge in [0.15, 0.2) is 0 Å². The van der Waals surface area contributed by atoms with Crippen LogP contribution in [-0.4, -0.2) is 25.5 Å². The van der Waals surface area contributed by atoms with Gasteiger partial charge in [0.1, 0.15) is 0 Å². The minimum Gasteiger partial charge on any atom is -0.356 e. The standard InChI is InChI=1S/C9H18N2O/c1-6(2)8(10-3)7-4-5-11-9(7)12/h6-8,10H,4-5H2,1-3H3,(H,11,12). The predicted molar refractivity (Wildman–Crippen MR) is 48.8 cm³/mol. The maximum absolute atomic E-state index is 11.3. The van der Waals surface area contributed by atoms with Gasteiger partial charge in [-0.1, -0.05) is 13.8 Å². The van der Waals surface area contributed by atoms with E-state index in [2.05, 4.69) is 24.5 Å². The van der Waals surface area contributed by atoms with Gasteiger partial charge in [-0.2, -0.15) is 0 Å². The monoisotopic (exact) mass is 170 g/mol. The molecule has 3 heteroatoms. The van der Waals surface area contributed by atoms with Crippen LogP contribution < -0.4 is 10.6 Å². The van der Waals surface area contributed by atoms with E-state index in [1.54, 1.807) is 0 Å². The van der Waals surface area contributed by atoms with Crippen molar-refractivity contribution in [3.8, 4) is 0 Å². The first kappa shape index (κ1) is 9.52. The molecule has 2 atom stereocenters. The van der Waals surface area contributed by atoms with Gasteiger partial charge in [-0.05, 0) is 19.4 Å². The van der Waals surface area contributed by atoms with Crippen molar-refractivity contribution in [3.63, 3.8) is 0 Å². The van der Waals surface area contributed by atoms with E-state index < -0.39 is 0 Å².